The molecule has 1 aliphatic heterocycles. The van der Waals surface area contributed by atoms with Crippen LogP contribution in [0.5, 0.6) is 0 Å². The average Bonchev–Trinajstić information content (AvgIpc) is 3.05. The molecule has 1 fully saturated rings. The van der Waals surface area contributed by atoms with Crippen molar-refractivity contribution in [1.29, 1.82) is 0 Å². The van der Waals surface area contributed by atoms with Crippen molar-refractivity contribution in [2.24, 2.45) is 0 Å². The number of nitrogens with zero attached hydrogens (tertiary/aromatic N) is 4. The molecule has 0 spiro atoms. The van der Waals surface area contributed by atoms with Crippen molar-refractivity contribution in [1.82, 2.24) is 20.0 Å². The number of morpholine rings is 1. The molecule has 124 valence electrons. The lowest BCUT2D eigenvalue weighted by Crippen LogP contribution is -2.38. The van der Waals surface area contributed by atoms with Crippen LogP contribution in [0.1, 0.15) is 23.4 Å². The summed E-state index contributed by atoms with van der Waals surface area (Å²) in [5.74, 6) is 0.850. The first-order valence-corrected chi connectivity index (χ1v) is 7.87. The molecule has 0 amide bonds. The van der Waals surface area contributed by atoms with Crippen LogP contribution in [0.15, 0.2) is 35.0 Å². The van der Waals surface area contributed by atoms with E-state index < -0.39 is 0 Å². The maximum absolute atomic E-state index is 13.9. The normalized spacial score (nSPS) is 19.0. The number of aromatic nitrogens is 3. The zero-order valence-electron chi connectivity index (χ0n) is 13.3. The van der Waals surface area contributed by atoms with Gasteiger partial charge in [0.15, 0.2) is 0 Å². The molecule has 0 unspecified atom stereocenters. The monoisotopic (exact) mass is 328 g/mol. The molecule has 2 aromatic heterocycles. The number of rotatable bonds is 3. The van der Waals surface area contributed by atoms with E-state index >= 15 is 0 Å². The van der Waals surface area contributed by atoms with Gasteiger partial charge in [0.2, 0.25) is 11.7 Å². The Morgan fingerprint density at radius 3 is 3.08 bits per heavy atom. The highest BCUT2D eigenvalue weighted by atomic mass is 19.1. The molecule has 0 N–H and O–H groups in total. The van der Waals surface area contributed by atoms with Crippen molar-refractivity contribution >= 4 is 10.9 Å². The second-order valence-corrected chi connectivity index (χ2v) is 5.87. The molecular formula is C17H17FN4O2. The van der Waals surface area contributed by atoms with Crippen LogP contribution in [0, 0.1) is 12.7 Å². The molecule has 0 aliphatic carbocycles. The van der Waals surface area contributed by atoms with E-state index in [9.17, 15) is 4.39 Å². The molecule has 24 heavy (non-hydrogen) atoms. The summed E-state index contributed by atoms with van der Waals surface area (Å²) in [6.45, 7) is 4.46. The van der Waals surface area contributed by atoms with Gasteiger partial charge >= 0.3 is 0 Å². The summed E-state index contributed by atoms with van der Waals surface area (Å²) in [6, 6.07) is 6.80. The summed E-state index contributed by atoms with van der Waals surface area (Å²) in [5.41, 5.74) is 1.70. The molecule has 3 aromatic rings. The van der Waals surface area contributed by atoms with E-state index in [1.54, 1.807) is 31.3 Å². The predicted octanol–water partition coefficient (Wildman–Crippen LogP) is 2.64. The molecule has 6 nitrogen and oxygen atoms in total. The summed E-state index contributed by atoms with van der Waals surface area (Å²) in [4.78, 5) is 10.8. The molecule has 1 aliphatic rings. The van der Waals surface area contributed by atoms with Crippen LogP contribution in [-0.4, -0.2) is 39.7 Å². The third-order valence-corrected chi connectivity index (χ3v) is 4.18. The number of hydrogen-bond acceptors (Lipinski definition) is 6. The summed E-state index contributed by atoms with van der Waals surface area (Å²) in [7, 11) is 0. The first-order chi connectivity index (χ1) is 11.7. The lowest BCUT2D eigenvalue weighted by molar-refractivity contribution is -0.0379. The molecule has 0 saturated carbocycles. The highest BCUT2D eigenvalue weighted by Gasteiger charge is 2.26. The number of aryl methyl sites for hydroxylation is 1. The lowest BCUT2D eigenvalue weighted by Gasteiger charge is -2.31. The Morgan fingerprint density at radius 1 is 1.33 bits per heavy atom. The van der Waals surface area contributed by atoms with Crippen LogP contribution in [0.3, 0.4) is 0 Å². The van der Waals surface area contributed by atoms with Crippen LogP contribution in [0.2, 0.25) is 0 Å². The smallest absolute Gasteiger partial charge is 0.223 e. The van der Waals surface area contributed by atoms with Crippen molar-refractivity contribution in [3.05, 3.63) is 53.6 Å². The summed E-state index contributed by atoms with van der Waals surface area (Å²) < 4.78 is 24.7. The van der Waals surface area contributed by atoms with Crippen molar-refractivity contribution in [3.63, 3.8) is 0 Å². The minimum Gasteiger partial charge on any atom is -0.367 e. The second kappa shape index (κ2) is 6.26. The molecule has 7 heteroatoms. The van der Waals surface area contributed by atoms with E-state index in [4.69, 9.17) is 9.26 Å². The van der Waals surface area contributed by atoms with Gasteiger partial charge in [-0.05, 0) is 23.8 Å². The molecule has 0 radical (unpaired) electrons. The van der Waals surface area contributed by atoms with E-state index in [0.29, 0.717) is 42.3 Å². The van der Waals surface area contributed by atoms with Gasteiger partial charge in [0.25, 0.3) is 0 Å². The number of halogens is 1. The standard InChI is InChI=1S/C17H17FN4O2/c1-11-20-17(21-24-11)15-10-22(7-8-23-15)9-12-4-5-14(18)13-3-2-6-19-16(12)13/h2-6,15H,7-10H2,1H3/t15-/m1/s1. The third-order valence-electron chi connectivity index (χ3n) is 4.18. The first kappa shape index (κ1) is 15.2. The van der Waals surface area contributed by atoms with E-state index in [1.165, 1.54) is 6.07 Å². The number of pyridine rings is 1. The van der Waals surface area contributed by atoms with Crippen LogP contribution >= 0.6 is 0 Å². The fraction of sp³-hybridized carbons (Fsp3) is 0.353. The number of benzene rings is 1. The van der Waals surface area contributed by atoms with E-state index in [1.807, 2.05) is 0 Å². The van der Waals surface area contributed by atoms with Gasteiger partial charge < -0.3 is 9.26 Å². The van der Waals surface area contributed by atoms with Crippen molar-refractivity contribution in [3.8, 4) is 0 Å². The number of fused-ring (bicyclic) bond motifs is 1. The molecular weight excluding hydrogens is 311 g/mol. The van der Waals surface area contributed by atoms with Gasteiger partial charge in [0.1, 0.15) is 11.9 Å². The Balaban J connectivity index is 1.56. The molecule has 4 rings (SSSR count). The lowest BCUT2D eigenvalue weighted by atomic mass is 10.1. The van der Waals surface area contributed by atoms with Crippen molar-refractivity contribution in [2.75, 3.05) is 19.7 Å². The van der Waals surface area contributed by atoms with Crippen molar-refractivity contribution in [2.45, 2.75) is 19.6 Å². The Kier molecular flexibility index (Phi) is 3.95. The molecule has 3 heterocycles. The van der Waals surface area contributed by atoms with E-state index in [2.05, 4.69) is 20.0 Å². The summed E-state index contributed by atoms with van der Waals surface area (Å²) in [6.07, 6.45) is 1.48. The van der Waals surface area contributed by atoms with Gasteiger partial charge in [-0.1, -0.05) is 11.2 Å². The van der Waals surface area contributed by atoms with Gasteiger partial charge in [-0.25, -0.2) is 4.39 Å². The summed E-state index contributed by atoms with van der Waals surface area (Å²) in [5, 5.41) is 4.49. The topological polar surface area (TPSA) is 64.3 Å². The Hall–Kier alpha value is -2.38. The fourth-order valence-corrected chi connectivity index (χ4v) is 3.01. The van der Waals surface area contributed by atoms with E-state index in [-0.39, 0.29) is 11.9 Å². The van der Waals surface area contributed by atoms with Gasteiger partial charge in [-0.3, -0.25) is 9.88 Å². The highest BCUT2D eigenvalue weighted by molar-refractivity contribution is 5.82. The SMILES string of the molecule is Cc1nc([C@H]2CN(Cc3ccc(F)c4cccnc34)CCO2)no1. The van der Waals surface area contributed by atoms with Crippen molar-refractivity contribution < 1.29 is 13.7 Å². The molecule has 1 saturated heterocycles. The Bertz CT molecular complexity index is 867. The van der Waals surface area contributed by atoms with Gasteiger partial charge in [-0.15, -0.1) is 0 Å². The maximum atomic E-state index is 13.9. The van der Waals surface area contributed by atoms with E-state index in [0.717, 1.165) is 12.1 Å². The predicted molar refractivity (Wildman–Crippen MR) is 84.7 cm³/mol. The number of ether oxygens (including phenoxy) is 1. The average molecular weight is 328 g/mol. The Labute approximate surface area is 138 Å². The minimum absolute atomic E-state index is 0.212. The molecule has 1 aromatic carbocycles. The van der Waals surface area contributed by atoms with Crippen LogP contribution in [-0.2, 0) is 11.3 Å². The first-order valence-electron chi connectivity index (χ1n) is 7.87. The zero-order valence-corrected chi connectivity index (χ0v) is 13.3. The van der Waals surface area contributed by atoms with Gasteiger partial charge in [0, 0.05) is 38.1 Å². The van der Waals surface area contributed by atoms with Crippen LogP contribution in [0.25, 0.3) is 10.9 Å². The zero-order chi connectivity index (χ0) is 16.5. The largest absolute Gasteiger partial charge is 0.367 e. The molecule has 1 atom stereocenters. The van der Waals surface area contributed by atoms with Gasteiger partial charge in [0.05, 0.1) is 12.1 Å². The minimum atomic E-state index is -0.246. The number of hydrogen-bond donors (Lipinski definition) is 0. The molecule has 0 bridgehead atoms. The second-order valence-electron chi connectivity index (χ2n) is 5.87. The Morgan fingerprint density at radius 2 is 2.25 bits per heavy atom. The maximum Gasteiger partial charge on any atom is 0.223 e. The third kappa shape index (κ3) is 2.88. The highest BCUT2D eigenvalue weighted by Crippen LogP contribution is 2.24. The fourth-order valence-electron chi connectivity index (χ4n) is 3.01. The van der Waals surface area contributed by atoms with Crippen LogP contribution in [0.4, 0.5) is 4.39 Å². The quantitative estimate of drug-likeness (QED) is 0.736. The van der Waals surface area contributed by atoms with Gasteiger partial charge in [-0.2, -0.15) is 4.98 Å². The summed E-state index contributed by atoms with van der Waals surface area (Å²) >= 11 is 0. The van der Waals surface area contributed by atoms with Crippen LogP contribution < -0.4 is 0 Å².